The first-order valence-corrected chi connectivity index (χ1v) is 9.38. The van der Waals surface area contributed by atoms with Crippen LogP contribution in [0.1, 0.15) is 12.8 Å². The SMILES string of the molecule is O=C(N[C@@H]1CCS(=O)(=O)C1)N[C@@H]1CCS(=O)(=O)C1. The standard InChI is InChI=1S/C9H16N2O5S2/c12-9(10-7-1-3-17(13,14)5-7)11-8-2-4-18(15,16)6-8/h7-8H,1-6H2,(H2,10,11,12)/t7-,8-/m1/s1. The molecule has 2 rings (SSSR count). The lowest BCUT2D eigenvalue weighted by Crippen LogP contribution is -2.47. The van der Waals surface area contributed by atoms with Gasteiger partial charge in [0, 0.05) is 12.1 Å². The zero-order chi connectivity index (χ0) is 13.4. The Morgan fingerprint density at radius 2 is 1.22 bits per heavy atom. The Kier molecular flexibility index (Phi) is 3.54. The van der Waals surface area contributed by atoms with E-state index in [4.69, 9.17) is 0 Å². The molecule has 7 nitrogen and oxygen atoms in total. The summed E-state index contributed by atoms with van der Waals surface area (Å²) in [6.07, 6.45) is 0.831. The molecule has 18 heavy (non-hydrogen) atoms. The smallest absolute Gasteiger partial charge is 0.315 e. The molecule has 0 bridgehead atoms. The minimum Gasteiger partial charge on any atom is -0.334 e. The normalized spacial score (nSPS) is 33.1. The van der Waals surface area contributed by atoms with Gasteiger partial charge in [0.2, 0.25) is 0 Å². The average Bonchev–Trinajstić information content (AvgIpc) is 2.69. The predicted octanol–water partition coefficient (Wildman–Crippen LogP) is -1.34. The van der Waals surface area contributed by atoms with Crippen LogP contribution in [-0.2, 0) is 19.7 Å². The summed E-state index contributed by atoms with van der Waals surface area (Å²) < 4.78 is 44.8. The van der Waals surface area contributed by atoms with Gasteiger partial charge >= 0.3 is 6.03 Å². The second-order valence-electron chi connectivity index (χ2n) is 4.82. The molecule has 2 aliphatic heterocycles. The first-order valence-electron chi connectivity index (χ1n) is 5.74. The molecule has 0 unspecified atom stereocenters. The lowest BCUT2D eigenvalue weighted by atomic mass is 10.2. The average molecular weight is 296 g/mol. The molecular formula is C9H16N2O5S2. The molecular weight excluding hydrogens is 280 g/mol. The van der Waals surface area contributed by atoms with Crippen LogP contribution >= 0.6 is 0 Å². The highest BCUT2D eigenvalue weighted by Gasteiger charge is 2.31. The van der Waals surface area contributed by atoms with Gasteiger partial charge in [-0.1, -0.05) is 0 Å². The summed E-state index contributed by atoms with van der Waals surface area (Å²) in [5.41, 5.74) is 0. The second-order valence-corrected chi connectivity index (χ2v) is 9.28. The van der Waals surface area contributed by atoms with Crippen molar-refractivity contribution in [3.63, 3.8) is 0 Å². The first-order chi connectivity index (χ1) is 8.26. The first kappa shape index (κ1) is 13.6. The molecule has 2 N–H and O–H groups in total. The zero-order valence-electron chi connectivity index (χ0n) is 9.76. The van der Waals surface area contributed by atoms with Crippen LogP contribution in [0, 0.1) is 0 Å². The van der Waals surface area contributed by atoms with Crippen molar-refractivity contribution in [1.82, 2.24) is 10.6 Å². The molecule has 9 heteroatoms. The number of carbonyl (C=O) groups excluding carboxylic acids is 1. The Labute approximate surface area is 106 Å². The summed E-state index contributed by atoms with van der Waals surface area (Å²) in [5, 5.41) is 5.13. The van der Waals surface area contributed by atoms with E-state index in [0.29, 0.717) is 12.8 Å². The Morgan fingerprint density at radius 1 is 0.833 bits per heavy atom. The number of hydrogen-bond donors (Lipinski definition) is 2. The van der Waals surface area contributed by atoms with Crippen molar-refractivity contribution in [2.24, 2.45) is 0 Å². The van der Waals surface area contributed by atoms with Crippen LogP contribution in [0.5, 0.6) is 0 Å². The number of amides is 2. The van der Waals surface area contributed by atoms with E-state index in [2.05, 4.69) is 10.6 Å². The van der Waals surface area contributed by atoms with Crippen LogP contribution in [-0.4, -0.2) is 58.0 Å². The summed E-state index contributed by atoms with van der Waals surface area (Å²) in [6, 6.07) is -1.22. The summed E-state index contributed by atoms with van der Waals surface area (Å²) in [5.74, 6) is 0.109. The van der Waals surface area contributed by atoms with Gasteiger partial charge in [-0.3, -0.25) is 0 Å². The number of rotatable bonds is 2. The molecule has 0 saturated carbocycles. The highest BCUT2D eigenvalue weighted by Crippen LogP contribution is 2.13. The summed E-state index contributed by atoms with van der Waals surface area (Å²) >= 11 is 0. The minimum absolute atomic E-state index is 0.0383. The molecule has 0 aromatic rings. The molecule has 2 saturated heterocycles. The van der Waals surface area contributed by atoms with Crippen molar-refractivity contribution in [2.45, 2.75) is 24.9 Å². The van der Waals surface area contributed by atoms with Crippen molar-refractivity contribution in [3.8, 4) is 0 Å². The Balaban J connectivity index is 1.80. The largest absolute Gasteiger partial charge is 0.334 e. The number of sulfone groups is 2. The van der Waals surface area contributed by atoms with E-state index in [9.17, 15) is 21.6 Å². The van der Waals surface area contributed by atoms with Crippen molar-refractivity contribution >= 4 is 25.7 Å². The molecule has 0 spiro atoms. The van der Waals surface area contributed by atoms with Crippen molar-refractivity contribution in [2.75, 3.05) is 23.0 Å². The Hall–Kier alpha value is -0.830. The Bertz CT molecular complexity index is 491. The topological polar surface area (TPSA) is 109 Å². The summed E-state index contributed by atoms with van der Waals surface area (Å²) in [4.78, 5) is 11.6. The fraction of sp³-hybridized carbons (Fsp3) is 0.889. The summed E-state index contributed by atoms with van der Waals surface area (Å²) in [7, 11) is -6.05. The molecule has 104 valence electrons. The number of hydrogen-bond acceptors (Lipinski definition) is 5. The van der Waals surface area contributed by atoms with Crippen LogP contribution in [0.15, 0.2) is 0 Å². The van der Waals surface area contributed by atoms with Gasteiger partial charge in [0.1, 0.15) is 0 Å². The van der Waals surface area contributed by atoms with Crippen molar-refractivity contribution in [1.29, 1.82) is 0 Å². The number of urea groups is 1. The highest BCUT2D eigenvalue weighted by atomic mass is 32.2. The highest BCUT2D eigenvalue weighted by molar-refractivity contribution is 7.91. The van der Waals surface area contributed by atoms with Crippen LogP contribution in [0.25, 0.3) is 0 Å². The van der Waals surface area contributed by atoms with Crippen molar-refractivity contribution < 1.29 is 21.6 Å². The maximum atomic E-state index is 11.6. The number of nitrogens with one attached hydrogen (secondary N) is 2. The molecule has 2 fully saturated rings. The zero-order valence-corrected chi connectivity index (χ0v) is 11.4. The van der Waals surface area contributed by atoms with E-state index in [1.807, 2.05) is 0 Å². The molecule has 2 aliphatic rings. The predicted molar refractivity (Wildman–Crippen MR) is 65.8 cm³/mol. The second kappa shape index (κ2) is 4.69. The molecule has 0 aromatic carbocycles. The van der Waals surface area contributed by atoms with Gasteiger partial charge in [-0.15, -0.1) is 0 Å². The molecule has 0 radical (unpaired) electrons. The maximum Gasteiger partial charge on any atom is 0.315 e. The summed E-state index contributed by atoms with van der Waals surface area (Å²) in [6.45, 7) is 0. The van der Waals surface area contributed by atoms with Gasteiger partial charge in [0.05, 0.1) is 23.0 Å². The fourth-order valence-corrected chi connectivity index (χ4v) is 5.58. The van der Waals surface area contributed by atoms with E-state index in [-0.39, 0.29) is 35.1 Å². The van der Waals surface area contributed by atoms with E-state index < -0.39 is 25.7 Å². The quantitative estimate of drug-likeness (QED) is 0.655. The molecule has 2 amide bonds. The monoisotopic (exact) mass is 296 g/mol. The van der Waals surface area contributed by atoms with E-state index in [1.165, 1.54) is 0 Å². The van der Waals surface area contributed by atoms with E-state index in [0.717, 1.165) is 0 Å². The molecule has 2 atom stereocenters. The van der Waals surface area contributed by atoms with Crippen molar-refractivity contribution in [3.05, 3.63) is 0 Å². The third-order valence-electron chi connectivity index (χ3n) is 3.14. The third-order valence-corrected chi connectivity index (χ3v) is 6.67. The molecule has 0 aromatic heterocycles. The third kappa shape index (κ3) is 3.58. The maximum absolute atomic E-state index is 11.6. The van der Waals surface area contributed by atoms with Crippen LogP contribution in [0.2, 0.25) is 0 Å². The molecule has 0 aliphatic carbocycles. The van der Waals surface area contributed by atoms with Gasteiger partial charge in [0.25, 0.3) is 0 Å². The van der Waals surface area contributed by atoms with Gasteiger partial charge in [0.15, 0.2) is 19.7 Å². The Morgan fingerprint density at radius 3 is 1.50 bits per heavy atom. The van der Waals surface area contributed by atoms with Crippen LogP contribution < -0.4 is 10.6 Å². The van der Waals surface area contributed by atoms with Gasteiger partial charge < -0.3 is 10.6 Å². The fourth-order valence-electron chi connectivity index (χ4n) is 2.23. The lowest BCUT2D eigenvalue weighted by Gasteiger charge is -2.15. The minimum atomic E-state index is -3.03. The molecule has 2 heterocycles. The van der Waals surface area contributed by atoms with Crippen LogP contribution in [0.3, 0.4) is 0 Å². The van der Waals surface area contributed by atoms with E-state index in [1.54, 1.807) is 0 Å². The van der Waals surface area contributed by atoms with Gasteiger partial charge in [-0.25, -0.2) is 21.6 Å². The number of carbonyl (C=O) groups is 1. The van der Waals surface area contributed by atoms with Gasteiger partial charge in [-0.2, -0.15) is 0 Å². The van der Waals surface area contributed by atoms with Gasteiger partial charge in [-0.05, 0) is 12.8 Å². The van der Waals surface area contributed by atoms with Crippen LogP contribution in [0.4, 0.5) is 4.79 Å². The van der Waals surface area contributed by atoms with E-state index >= 15 is 0 Å². The lowest BCUT2D eigenvalue weighted by molar-refractivity contribution is 0.235.